The molecule has 1 fully saturated rings. The number of amides is 2. The van der Waals surface area contributed by atoms with Crippen LogP contribution in [0.1, 0.15) is 74.8 Å². The number of benzene rings is 1. The third kappa shape index (κ3) is 5.59. The third-order valence-corrected chi connectivity index (χ3v) is 8.63. The number of rotatable bonds is 5. The normalized spacial score (nSPS) is 19.4. The number of anilines is 1. The van der Waals surface area contributed by atoms with Crippen molar-refractivity contribution in [2.24, 2.45) is 5.41 Å². The van der Waals surface area contributed by atoms with Crippen LogP contribution in [0.3, 0.4) is 0 Å². The van der Waals surface area contributed by atoms with Crippen LogP contribution in [0.25, 0.3) is 11.3 Å². The topological polar surface area (TPSA) is 89.8 Å². The summed E-state index contributed by atoms with van der Waals surface area (Å²) in [5.41, 5.74) is 4.96. The van der Waals surface area contributed by atoms with Gasteiger partial charge >= 0.3 is 6.09 Å². The van der Waals surface area contributed by atoms with Gasteiger partial charge in [-0.3, -0.25) is 4.79 Å². The molecule has 1 aromatic carbocycles. The van der Waals surface area contributed by atoms with Crippen LogP contribution in [-0.4, -0.2) is 62.8 Å². The molecule has 6 rings (SSSR count). The molecule has 1 saturated heterocycles. The number of aromatic nitrogens is 3. The first-order chi connectivity index (χ1) is 20.3. The highest BCUT2D eigenvalue weighted by Crippen LogP contribution is 2.41. The van der Waals surface area contributed by atoms with E-state index in [9.17, 15) is 9.59 Å². The minimum Gasteiger partial charge on any atom is -0.488 e. The van der Waals surface area contributed by atoms with Crippen LogP contribution in [0, 0.1) is 18.2 Å². The standard InChI is InChI=1S/C33H40FN5O4/c1-20-24(29-28(17-35-19-36-29)42-18-23-8-7-9-37(23)31(41)43-32(2,3)4)13-22(34)14-25(20)39-11-10-38-26(30(39)40)12-21-15-33(5,6)16-27(21)38/h12-14,17,19,23H,7-11,15-16,18H2,1-6H3/t23-/m0/s1. The Morgan fingerprint density at radius 1 is 1.14 bits per heavy atom. The maximum atomic E-state index is 15.2. The molecular formula is C33H40FN5O4. The Kier molecular flexibility index (Phi) is 7.21. The predicted octanol–water partition coefficient (Wildman–Crippen LogP) is 5.96. The average Bonchev–Trinajstić information content (AvgIpc) is 3.61. The Bertz CT molecular complexity index is 1590. The number of hydrogen-bond acceptors (Lipinski definition) is 6. The molecule has 10 heteroatoms. The van der Waals surface area contributed by atoms with E-state index < -0.39 is 11.4 Å². The highest BCUT2D eigenvalue weighted by molar-refractivity contribution is 6.07. The lowest BCUT2D eigenvalue weighted by atomic mass is 9.90. The fourth-order valence-electron chi connectivity index (χ4n) is 6.71. The fourth-order valence-corrected chi connectivity index (χ4v) is 6.71. The van der Waals surface area contributed by atoms with Crippen molar-refractivity contribution in [3.63, 3.8) is 0 Å². The molecule has 9 nitrogen and oxygen atoms in total. The molecule has 228 valence electrons. The second-order valence-electron chi connectivity index (χ2n) is 13.7. The van der Waals surface area contributed by atoms with Crippen LogP contribution in [0.4, 0.5) is 14.9 Å². The second-order valence-corrected chi connectivity index (χ2v) is 13.7. The van der Waals surface area contributed by atoms with Gasteiger partial charge < -0.3 is 23.8 Å². The molecule has 0 bridgehead atoms. The number of ether oxygens (including phenoxy) is 2. The van der Waals surface area contributed by atoms with Crippen molar-refractivity contribution < 1.29 is 23.5 Å². The summed E-state index contributed by atoms with van der Waals surface area (Å²) in [6.45, 7) is 13.9. The van der Waals surface area contributed by atoms with Gasteiger partial charge in [-0.25, -0.2) is 19.2 Å². The van der Waals surface area contributed by atoms with E-state index in [2.05, 4.69) is 28.4 Å². The zero-order valence-corrected chi connectivity index (χ0v) is 25.9. The molecule has 1 aliphatic carbocycles. The van der Waals surface area contributed by atoms with E-state index in [4.69, 9.17) is 9.47 Å². The van der Waals surface area contributed by atoms with E-state index in [-0.39, 0.29) is 30.1 Å². The van der Waals surface area contributed by atoms with Crippen LogP contribution >= 0.6 is 0 Å². The van der Waals surface area contributed by atoms with E-state index in [1.807, 2.05) is 33.8 Å². The van der Waals surface area contributed by atoms with Crippen molar-refractivity contribution >= 4 is 17.7 Å². The monoisotopic (exact) mass is 589 g/mol. The first kappa shape index (κ1) is 29.1. The Balaban J connectivity index is 1.25. The molecule has 43 heavy (non-hydrogen) atoms. The molecular weight excluding hydrogens is 549 g/mol. The number of nitrogens with zero attached hydrogens (tertiary/aromatic N) is 5. The van der Waals surface area contributed by atoms with Gasteiger partial charge in [0.2, 0.25) is 0 Å². The Morgan fingerprint density at radius 3 is 2.70 bits per heavy atom. The Labute approximate surface area is 252 Å². The smallest absolute Gasteiger partial charge is 0.410 e. The largest absolute Gasteiger partial charge is 0.488 e. The van der Waals surface area contributed by atoms with Crippen LogP contribution in [-0.2, 0) is 24.1 Å². The molecule has 4 heterocycles. The number of halogens is 1. The highest BCUT2D eigenvalue weighted by Gasteiger charge is 2.37. The average molecular weight is 590 g/mol. The zero-order chi connectivity index (χ0) is 30.7. The molecule has 3 aliphatic rings. The van der Waals surface area contributed by atoms with E-state index in [0.717, 1.165) is 31.2 Å². The van der Waals surface area contributed by atoms with E-state index in [1.54, 1.807) is 16.0 Å². The summed E-state index contributed by atoms with van der Waals surface area (Å²) in [7, 11) is 0. The van der Waals surface area contributed by atoms with Gasteiger partial charge in [0.15, 0.2) is 5.75 Å². The van der Waals surface area contributed by atoms with Crippen molar-refractivity contribution in [2.45, 2.75) is 85.4 Å². The lowest BCUT2D eigenvalue weighted by Gasteiger charge is -2.31. The number of carbonyl (C=O) groups is 2. The summed E-state index contributed by atoms with van der Waals surface area (Å²) < 4.78 is 29.2. The van der Waals surface area contributed by atoms with Crippen LogP contribution < -0.4 is 9.64 Å². The number of carbonyl (C=O) groups excluding carboxylic acids is 2. The third-order valence-electron chi connectivity index (χ3n) is 8.63. The first-order valence-electron chi connectivity index (χ1n) is 15.1. The summed E-state index contributed by atoms with van der Waals surface area (Å²) in [6.07, 6.45) is 6.13. The number of hydrogen-bond donors (Lipinski definition) is 0. The van der Waals surface area contributed by atoms with Gasteiger partial charge in [-0.2, -0.15) is 0 Å². The minimum atomic E-state index is -0.589. The maximum Gasteiger partial charge on any atom is 0.410 e. The van der Waals surface area contributed by atoms with Gasteiger partial charge in [0.25, 0.3) is 5.91 Å². The van der Waals surface area contributed by atoms with Crippen LogP contribution in [0.15, 0.2) is 30.7 Å². The first-order valence-corrected chi connectivity index (χ1v) is 15.1. The molecule has 3 aromatic rings. The van der Waals surface area contributed by atoms with Gasteiger partial charge in [0.1, 0.15) is 35.7 Å². The van der Waals surface area contributed by atoms with Gasteiger partial charge in [-0.05, 0) is 88.1 Å². The van der Waals surface area contributed by atoms with Crippen molar-refractivity contribution in [1.82, 2.24) is 19.4 Å². The lowest BCUT2D eigenvalue weighted by molar-refractivity contribution is 0.0187. The van der Waals surface area contributed by atoms with Gasteiger partial charge in [0, 0.05) is 30.9 Å². The Morgan fingerprint density at radius 2 is 1.93 bits per heavy atom. The van der Waals surface area contributed by atoms with Crippen molar-refractivity contribution in [3.8, 4) is 17.0 Å². The second kappa shape index (κ2) is 10.6. The predicted molar refractivity (Wildman–Crippen MR) is 161 cm³/mol. The maximum absolute atomic E-state index is 15.2. The number of likely N-dealkylation sites (tertiary alicyclic amines) is 1. The summed E-state index contributed by atoms with van der Waals surface area (Å²) in [5.74, 6) is -0.207. The highest BCUT2D eigenvalue weighted by atomic mass is 19.1. The minimum absolute atomic E-state index is 0.124. The summed E-state index contributed by atoms with van der Waals surface area (Å²) >= 11 is 0. The zero-order valence-electron chi connectivity index (χ0n) is 25.9. The SMILES string of the molecule is Cc1c(-c2ncncc2OC[C@@H]2CCCN2C(=O)OC(C)(C)C)cc(F)cc1N1CCn2c(cc3c2CC(C)(C)C3)C1=O. The lowest BCUT2D eigenvalue weighted by Crippen LogP contribution is -2.42. The Hall–Kier alpha value is -3.95. The quantitative estimate of drug-likeness (QED) is 0.365. The molecule has 0 unspecified atom stereocenters. The molecule has 0 radical (unpaired) electrons. The van der Waals surface area contributed by atoms with Crippen LogP contribution in [0.5, 0.6) is 5.75 Å². The molecule has 2 amide bonds. The fraction of sp³-hybridized carbons (Fsp3) is 0.515. The van der Waals surface area contributed by atoms with Crippen molar-refractivity contribution in [1.29, 1.82) is 0 Å². The summed E-state index contributed by atoms with van der Waals surface area (Å²) in [6, 6.07) is 4.70. The molecule has 2 aliphatic heterocycles. The van der Waals surface area contributed by atoms with Crippen molar-refractivity contribution in [3.05, 3.63) is 59.1 Å². The molecule has 0 spiro atoms. The van der Waals surface area contributed by atoms with E-state index in [0.29, 0.717) is 48.0 Å². The molecule has 1 atom stereocenters. The van der Waals surface area contributed by atoms with Gasteiger partial charge in [-0.15, -0.1) is 0 Å². The molecule has 0 N–H and O–H groups in total. The van der Waals surface area contributed by atoms with Gasteiger partial charge in [0.05, 0.1) is 17.9 Å². The summed E-state index contributed by atoms with van der Waals surface area (Å²) in [5, 5.41) is 0. The molecule has 2 aromatic heterocycles. The van der Waals surface area contributed by atoms with E-state index >= 15 is 4.39 Å². The number of fused-ring (bicyclic) bond motifs is 3. The van der Waals surface area contributed by atoms with Crippen LogP contribution in [0.2, 0.25) is 0 Å². The van der Waals surface area contributed by atoms with E-state index in [1.165, 1.54) is 29.7 Å². The van der Waals surface area contributed by atoms with Gasteiger partial charge in [-0.1, -0.05) is 13.8 Å². The van der Waals surface area contributed by atoms with Crippen molar-refractivity contribution in [2.75, 3.05) is 24.6 Å². The molecule has 0 saturated carbocycles. The summed E-state index contributed by atoms with van der Waals surface area (Å²) in [4.78, 5) is 38.5.